The molecule has 2 heterocycles. The molecule has 1 fully saturated rings. The average Bonchev–Trinajstić information content (AvgIpc) is 3.25. The molecule has 0 bridgehead atoms. The van der Waals surface area contributed by atoms with Gasteiger partial charge in [-0.3, -0.25) is 4.79 Å². The molecule has 1 aliphatic rings. The first-order valence-electron chi connectivity index (χ1n) is 7.82. The topological polar surface area (TPSA) is 94.0 Å². The molecule has 6 nitrogen and oxygen atoms in total. The Kier molecular flexibility index (Phi) is 3.87. The van der Waals surface area contributed by atoms with E-state index in [-0.39, 0.29) is 17.9 Å². The predicted molar refractivity (Wildman–Crippen MR) is 83.9 cm³/mol. The summed E-state index contributed by atoms with van der Waals surface area (Å²) in [4.78, 5) is 17.2. The number of carbonyl (C=O) groups is 1. The molecule has 0 radical (unpaired) electrons. The molecule has 0 saturated heterocycles. The fourth-order valence-electron chi connectivity index (χ4n) is 2.51. The highest BCUT2D eigenvalue weighted by molar-refractivity contribution is 6.06. The molecule has 1 amide bonds. The molecule has 0 aliphatic heterocycles. The highest BCUT2D eigenvalue weighted by Crippen LogP contribution is 2.41. The van der Waals surface area contributed by atoms with Crippen LogP contribution in [0.1, 0.15) is 67.2 Å². The van der Waals surface area contributed by atoms with Crippen molar-refractivity contribution in [3.8, 4) is 0 Å². The van der Waals surface area contributed by atoms with E-state index in [1.165, 1.54) is 0 Å². The van der Waals surface area contributed by atoms with Crippen molar-refractivity contribution in [1.82, 2.24) is 15.5 Å². The molecular formula is C16H22N4O2. The number of hydrogen-bond acceptors (Lipinski definition) is 5. The number of pyridine rings is 1. The number of hydrogen-bond donors (Lipinski definition) is 2. The van der Waals surface area contributed by atoms with Gasteiger partial charge in [-0.05, 0) is 31.7 Å². The third-order valence-corrected chi connectivity index (χ3v) is 4.01. The van der Waals surface area contributed by atoms with Crippen LogP contribution in [0.5, 0.6) is 0 Å². The van der Waals surface area contributed by atoms with Gasteiger partial charge in [-0.2, -0.15) is 0 Å². The lowest BCUT2D eigenvalue weighted by atomic mass is 10.0. The van der Waals surface area contributed by atoms with Crippen molar-refractivity contribution in [2.24, 2.45) is 5.73 Å². The van der Waals surface area contributed by atoms with Crippen LogP contribution in [0.15, 0.2) is 10.6 Å². The first-order valence-corrected chi connectivity index (χ1v) is 7.82. The molecule has 1 saturated carbocycles. The van der Waals surface area contributed by atoms with Gasteiger partial charge in [0.2, 0.25) is 0 Å². The lowest BCUT2D eigenvalue weighted by molar-refractivity contribution is 0.0942. The van der Waals surface area contributed by atoms with E-state index in [1.807, 2.05) is 26.8 Å². The van der Waals surface area contributed by atoms with E-state index < -0.39 is 0 Å². The summed E-state index contributed by atoms with van der Waals surface area (Å²) in [7, 11) is 0. The van der Waals surface area contributed by atoms with Crippen LogP contribution >= 0.6 is 0 Å². The molecule has 0 spiro atoms. The van der Waals surface area contributed by atoms with Crippen LogP contribution in [-0.2, 0) is 0 Å². The van der Waals surface area contributed by atoms with Gasteiger partial charge in [0.25, 0.3) is 11.6 Å². The lowest BCUT2D eigenvalue weighted by Crippen LogP contribution is -2.38. The van der Waals surface area contributed by atoms with Crippen LogP contribution in [0, 0.1) is 0 Å². The van der Waals surface area contributed by atoms with Gasteiger partial charge in [0, 0.05) is 24.2 Å². The normalized spacial score (nSPS) is 16.2. The molecule has 6 heteroatoms. The maximum absolute atomic E-state index is 12.6. The fraction of sp³-hybridized carbons (Fsp3) is 0.562. The van der Waals surface area contributed by atoms with Crippen LogP contribution in [0.2, 0.25) is 0 Å². The van der Waals surface area contributed by atoms with Crippen molar-refractivity contribution in [2.75, 3.05) is 6.54 Å². The molecule has 118 valence electrons. The van der Waals surface area contributed by atoms with Gasteiger partial charge in [-0.25, -0.2) is 4.98 Å². The van der Waals surface area contributed by atoms with Crippen molar-refractivity contribution in [3.05, 3.63) is 23.0 Å². The summed E-state index contributed by atoms with van der Waals surface area (Å²) in [5, 5.41) is 7.76. The number of carbonyl (C=O) groups excluding carboxylic acids is 1. The Morgan fingerprint density at radius 1 is 1.45 bits per heavy atom. The van der Waals surface area contributed by atoms with Gasteiger partial charge in [0.1, 0.15) is 0 Å². The summed E-state index contributed by atoms with van der Waals surface area (Å²) in [5.74, 6) is 0.459. The minimum atomic E-state index is -0.141. The predicted octanol–water partition coefficient (Wildman–Crippen LogP) is 2.30. The summed E-state index contributed by atoms with van der Waals surface area (Å²) < 4.78 is 5.39. The van der Waals surface area contributed by atoms with Gasteiger partial charge in [0.05, 0.1) is 16.6 Å². The van der Waals surface area contributed by atoms with E-state index in [2.05, 4.69) is 15.5 Å². The molecule has 1 atom stereocenters. The Hall–Kier alpha value is -1.95. The number of rotatable bonds is 5. The second-order valence-electron chi connectivity index (χ2n) is 6.38. The van der Waals surface area contributed by atoms with E-state index >= 15 is 0 Å². The Balaban J connectivity index is 2.11. The molecular weight excluding hydrogens is 280 g/mol. The van der Waals surface area contributed by atoms with Crippen LogP contribution < -0.4 is 11.1 Å². The van der Waals surface area contributed by atoms with Gasteiger partial charge in [0.15, 0.2) is 0 Å². The average molecular weight is 302 g/mol. The van der Waals surface area contributed by atoms with Gasteiger partial charge < -0.3 is 15.6 Å². The standard InChI is InChI=1S/C16H22N4O2/c1-8(2)14-13-11(15(21)18-9(3)7-17)6-12(10-4-5-10)19-16(13)22-20-14/h6,8-10H,4-5,7,17H2,1-3H3,(H,18,21)/t9-/m0/s1. The largest absolute Gasteiger partial charge is 0.348 e. The Morgan fingerprint density at radius 3 is 2.77 bits per heavy atom. The number of aromatic nitrogens is 2. The highest BCUT2D eigenvalue weighted by atomic mass is 16.5. The van der Waals surface area contributed by atoms with Crippen molar-refractivity contribution in [1.29, 1.82) is 0 Å². The first-order chi connectivity index (χ1) is 10.5. The Labute approximate surface area is 129 Å². The van der Waals surface area contributed by atoms with E-state index in [0.717, 1.165) is 29.6 Å². The number of nitrogens with zero attached hydrogens (tertiary/aromatic N) is 2. The Bertz CT molecular complexity index is 703. The van der Waals surface area contributed by atoms with Crippen LogP contribution in [0.25, 0.3) is 11.1 Å². The van der Waals surface area contributed by atoms with E-state index in [9.17, 15) is 4.79 Å². The van der Waals surface area contributed by atoms with Crippen LogP contribution in [-0.4, -0.2) is 28.6 Å². The van der Waals surface area contributed by atoms with Crippen molar-refractivity contribution in [3.63, 3.8) is 0 Å². The van der Waals surface area contributed by atoms with Gasteiger partial charge >= 0.3 is 0 Å². The second kappa shape index (κ2) is 5.68. The molecule has 22 heavy (non-hydrogen) atoms. The summed E-state index contributed by atoms with van der Waals surface area (Å²) in [6, 6.07) is 1.81. The zero-order valence-electron chi connectivity index (χ0n) is 13.2. The molecule has 0 unspecified atom stereocenters. The third kappa shape index (κ3) is 2.70. The van der Waals surface area contributed by atoms with E-state index in [0.29, 0.717) is 23.7 Å². The highest BCUT2D eigenvalue weighted by Gasteiger charge is 2.29. The second-order valence-corrected chi connectivity index (χ2v) is 6.38. The minimum Gasteiger partial charge on any atom is -0.348 e. The molecule has 3 rings (SSSR count). The number of fused-ring (bicyclic) bond motifs is 1. The lowest BCUT2D eigenvalue weighted by Gasteiger charge is -2.13. The molecule has 2 aromatic rings. The zero-order valence-corrected chi connectivity index (χ0v) is 13.2. The SMILES string of the molecule is CC(C)c1noc2nc(C3CC3)cc(C(=O)N[C@@H](C)CN)c12. The summed E-state index contributed by atoms with van der Waals surface area (Å²) in [6.07, 6.45) is 2.23. The number of nitrogens with two attached hydrogens (primary N) is 1. The zero-order chi connectivity index (χ0) is 15.9. The smallest absolute Gasteiger partial charge is 0.259 e. The Morgan fingerprint density at radius 2 is 2.18 bits per heavy atom. The summed E-state index contributed by atoms with van der Waals surface area (Å²) in [5.41, 5.74) is 8.35. The number of amides is 1. The maximum atomic E-state index is 12.6. The van der Waals surface area contributed by atoms with Crippen LogP contribution in [0.4, 0.5) is 0 Å². The summed E-state index contributed by atoms with van der Waals surface area (Å²) in [6.45, 7) is 6.33. The van der Waals surface area contributed by atoms with E-state index in [1.54, 1.807) is 0 Å². The monoisotopic (exact) mass is 302 g/mol. The fourth-order valence-corrected chi connectivity index (χ4v) is 2.51. The molecule has 2 aromatic heterocycles. The molecule has 1 aliphatic carbocycles. The third-order valence-electron chi connectivity index (χ3n) is 4.01. The number of nitrogens with one attached hydrogen (secondary N) is 1. The van der Waals surface area contributed by atoms with Crippen molar-refractivity contribution in [2.45, 2.75) is 51.5 Å². The molecule has 3 N–H and O–H groups in total. The molecule has 0 aromatic carbocycles. The van der Waals surface area contributed by atoms with Crippen LogP contribution in [0.3, 0.4) is 0 Å². The van der Waals surface area contributed by atoms with Crippen molar-refractivity contribution < 1.29 is 9.32 Å². The van der Waals surface area contributed by atoms with Crippen molar-refractivity contribution >= 4 is 17.0 Å². The van der Waals surface area contributed by atoms with E-state index in [4.69, 9.17) is 10.3 Å². The first kappa shape index (κ1) is 15.0. The maximum Gasteiger partial charge on any atom is 0.259 e. The quantitative estimate of drug-likeness (QED) is 0.883. The van der Waals surface area contributed by atoms with Gasteiger partial charge in [-0.1, -0.05) is 19.0 Å². The minimum absolute atomic E-state index is 0.0811. The van der Waals surface area contributed by atoms with Gasteiger partial charge in [-0.15, -0.1) is 0 Å². The summed E-state index contributed by atoms with van der Waals surface area (Å²) >= 11 is 0.